The third kappa shape index (κ3) is 3.17. The maximum Gasteiger partial charge on any atom is 0.292 e. The van der Waals surface area contributed by atoms with E-state index in [1.54, 1.807) is 0 Å². The first kappa shape index (κ1) is 17.7. The molecule has 148 valence electrons. The number of benzene rings is 1. The van der Waals surface area contributed by atoms with Crippen LogP contribution in [0.25, 0.3) is 0 Å². The summed E-state index contributed by atoms with van der Waals surface area (Å²) in [7, 11) is 0. The largest absolute Gasteiger partial charge is 0.369 e. The molecule has 0 atom stereocenters. The van der Waals surface area contributed by atoms with E-state index >= 15 is 0 Å². The van der Waals surface area contributed by atoms with Crippen molar-refractivity contribution in [1.82, 2.24) is 15.0 Å². The van der Waals surface area contributed by atoms with E-state index in [4.69, 9.17) is 4.52 Å². The fourth-order valence-electron chi connectivity index (χ4n) is 4.55. The molecule has 1 aromatic carbocycles. The number of amides is 1. The first-order valence-electron chi connectivity index (χ1n) is 10.2. The highest BCUT2D eigenvalue weighted by Gasteiger charge is 2.39. The van der Waals surface area contributed by atoms with Gasteiger partial charge in [0.15, 0.2) is 0 Å². The number of hydrogen-bond acceptors (Lipinski definition) is 5. The maximum atomic E-state index is 13.1. The molecular formula is C21H25FN4O2. The van der Waals surface area contributed by atoms with Gasteiger partial charge in [-0.1, -0.05) is 5.16 Å². The second-order valence-electron chi connectivity index (χ2n) is 8.01. The van der Waals surface area contributed by atoms with Crippen LogP contribution in [0.1, 0.15) is 34.7 Å². The molecule has 0 spiro atoms. The normalized spacial score (nSPS) is 20.8. The predicted molar refractivity (Wildman–Crippen MR) is 103 cm³/mol. The number of carbonyl (C=O) groups is 1. The predicted octanol–water partition coefficient (Wildman–Crippen LogP) is 2.34. The fraction of sp³-hybridized carbons (Fsp3) is 0.524. The summed E-state index contributed by atoms with van der Waals surface area (Å²) in [5.41, 5.74) is 3.08. The van der Waals surface area contributed by atoms with Gasteiger partial charge in [0.25, 0.3) is 5.91 Å². The van der Waals surface area contributed by atoms with Gasteiger partial charge in [-0.25, -0.2) is 4.39 Å². The Kier molecular flexibility index (Phi) is 4.55. The third-order valence-electron chi connectivity index (χ3n) is 6.33. The van der Waals surface area contributed by atoms with Crippen molar-refractivity contribution < 1.29 is 13.7 Å². The van der Waals surface area contributed by atoms with E-state index in [9.17, 15) is 9.18 Å². The number of anilines is 1. The number of likely N-dealkylation sites (tertiary alicyclic amines) is 1. The topological polar surface area (TPSA) is 52.8 Å². The second-order valence-corrected chi connectivity index (χ2v) is 8.01. The quantitative estimate of drug-likeness (QED) is 0.813. The number of hydrogen-bond donors (Lipinski definition) is 0. The van der Waals surface area contributed by atoms with Gasteiger partial charge in [0.05, 0.1) is 5.69 Å². The van der Waals surface area contributed by atoms with E-state index in [1.807, 2.05) is 17.0 Å². The van der Waals surface area contributed by atoms with Crippen molar-refractivity contribution in [1.29, 1.82) is 0 Å². The molecule has 1 amide bonds. The van der Waals surface area contributed by atoms with Gasteiger partial charge in [-0.05, 0) is 49.9 Å². The number of piperazine rings is 1. The highest BCUT2D eigenvalue weighted by atomic mass is 19.1. The average molecular weight is 384 g/mol. The Hall–Kier alpha value is -2.41. The van der Waals surface area contributed by atoms with Crippen LogP contribution in [0.3, 0.4) is 0 Å². The third-order valence-corrected chi connectivity index (χ3v) is 6.33. The highest BCUT2D eigenvalue weighted by Crippen LogP contribution is 2.27. The molecule has 28 heavy (non-hydrogen) atoms. The molecule has 0 radical (unpaired) electrons. The molecule has 1 aliphatic carbocycles. The van der Waals surface area contributed by atoms with E-state index in [2.05, 4.69) is 15.0 Å². The summed E-state index contributed by atoms with van der Waals surface area (Å²) in [6.45, 7) is 5.27. The summed E-state index contributed by atoms with van der Waals surface area (Å²) < 4.78 is 18.5. The van der Waals surface area contributed by atoms with Crippen molar-refractivity contribution in [2.45, 2.75) is 31.7 Å². The SMILES string of the molecule is O=C(c1onc2c1CCCC2)N1CC(N2CCN(c3ccc(F)cc3)CC2)C1. The Morgan fingerprint density at radius 1 is 1.04 bits per heavy atom. The van der Waals surface area contributed by atoms with Crippen LogP contribution in [-0.2, 0) is 12.8 Å². The second kappa shape index (κ2) is 7.20. The van der Waals surface area contributed by atoms with Gasteiger partial charge in [0.1, 0.15) is 5.82 Å². The van der Waals surface area contributed by atoms with Gasteiger partial charge in [0, 0.05) is 56.6 Å². The molecule has 1 aromatic heterocycles. The van der Waals surface area contributed by atoms with Gasteiger partial charge >= 0.3 is 0 Å². The van der Waals surface area contributed by atoms with Gasteiger partial charge in [-0.3, -0.25) is 9.69 Å². The molecule has 2 fully saturated rings. The number of aryl methyl sites for hydroxylation is 1. The number of halogens is 1. The van der Waals surface area contributed by atoms with Crippen LogP contribution in [0.15, 0.2) is 28.8 Å². The number of rotatable bonds is 3. The number of carbonyl (C=O) groups excluding carboxylic acids is 1. The molecule has 0 unspecified atom stereocenters. The lowest BCUT2D eigenvalue weighted by Crippen LogP contribution is -2.64. The molecular weight excluding hydrogens is 359 g/mol. The zero-order valence-corrected chi connectivity index (χ0v) is 15.9. The van der Waals surface area contributed by atoms with Gasteiger partial charge < -0.3 is 14.3 Å². The van der Waals surface area contributed by atoms with E-state index in [0.29, 0.717) is 11.8 Å². The van der Waals surface area contributed by atoms with Crippen molar-refractivity contribution in [3.63, 3.8) is 0 Å². The summed E-state index contributed by atoms with van der Waals surface area (Å²) in [5, 5.41) is 4.11. The van der Waals surface area contributed by atoms with Crippen LogP contribution in [-0.4, -0.2) is 66.2 Å². The van der Waals surface area contributed by atoms with Crippen LogP contribution in [0.5, 0.6) is 0 Å². The zero-order chi connectivity index (χ0) is 19.1. The summed E-state index contributed by atoms with van der Waals surface area (Å²) in [5.74, 6) is 0.265. The van der Waals surface area contributed by atoms with E-state index in [-0.39, 0.29) is 11.7 Å². The molecule has 0 bridgehead atoms. The Balaban J connectivity index is 1.14. The first-order chi connectivity index (χ1) is 13.7. The Bertz CT molecular complexity index is 852. The molecule has 7 heteroatoms. The van der Waals surface area contributed by atoms with Crippen LogP contribution in [0.4, 0.5) is 10.1 Å². The number of nitrogens with zero attached hydrogens (tertiary/aromatic N) is 4. The van der Waals surface area contributed by atoms with E-state index in [1.165, 1.54) is 12.1 Å². The fourth-order valence-corrected chi connectivity index (χ4v) is 4.55. The van der Waals surface area contributed by atoms with Crippen molar-refractivity contribution in [2.24, 2.45) is 0 Å². The molecule has 0 saturated carbocycles. The van der Waals surface area contributed by atoms with Crippen molar-refractivity contribution >= 4 is 11.6 Å². The molecule has 3 aliphatic rings. The Labute approximate surface area is 163 Å². The highest BCUT2D eigenvalue weighted by molar-refractivity contribution is 5.93. The average Bonchev–Trinajstić information content (AvgIpc) is 3.12. The van der Waals surface area contributed by atoms with Gasteiger partial charge in [0.2, 0.25) is 5.76 Å². The summed E-state index contributed by atoms with van der Waals surface area (Å²) in [4.78, 5) is 19.4. The maximum absolute atomic E-state index is 13.1. The van der Waals surface area contributed by atoms with Gasteiger partial charge in [-0.2, -0.15) is 0 Å². The van der Waals surface area contributed by atoms with E-state index < -0.39 is 0 Å². The monoisotopic (exact) mass is 384 g/mol. The van der Waals surface area contributed by atoms with E-state index in [0.717, 1.165) is 81.9 Å². The minimum absolute atomic E-state index is 0.00292. The molecule has 2 aliphatic heterocycles. The summed E-state index contributed by atoms with van der Waals surface area (Å²) >= 11 is 0. The molecule has 2 aromatic rings. The number of aromatic nitrogens is 1. The zero-order valence-electron chi connectivity index (χ0n) is 15.9. The number of fused-ring (bicyclic) bond motifs is 1. The molecule has 0 N–H and O–H groups in total. The molecule has 2 saturated heterocycles. The lowest BCUT2D eigenvalue weighted by atomic mass is 9.95. The van der Waals surface area contributed by atoms with Crippen molar-refractivity contribution in [3.05, 3.63) is 47.1 Å². The standard InChI is InChI=1S/C21H25FN4O2/c22-15-5-7-16(8-6-15)24-9-11-25(12-10-24)17-13-26(14-17)21(27)20-18-3-1-2-4-19(18)23-28-20/h5-8,17H,1-4,9-14H2. The van der Waals surface area contributed by atoms with Crippen LogP contribution in [0, 0.1) is 5.82 Å². The van der Waals surface area contributed by atoms with Crippen LogP contribution >= 0.6 is 0 Å². The van der Waals surface area contributed by atoms with Crippen LogP contribution < -0.4 is 4.90 Å². The summed E-state index contributed by atoms with van der Waals surface area (Å²) in [6, 6.07) is 7.12. The van der Waals surface area contributed by atoms with Gasteiger partial charge in [-0.15, -0.1) is 0 Å². The first-order valence-corrected chi connectivity index (χ1v) is 10.2. The minimum Gasteiger partial charge on any atom is -0.369 e. The molecule has 5 rings (SSSR count). The Morgan fingerprint density at radius 3 is 2.50 bits per heavy atom. The molecule has 3 heterocycles. The lowest BCUT2D eigenvalue weighted by molar-refractivity contribution is 0.0216. The molecule has 6 nitrogen and oxygen atoms in total. The lowest BCUT2D eigenvalue weighted by Gasteiger charge is -2.48. The smallest absolute Gasteiger partial charge is 0.292 e. The van der Waals surface area contributed by atoms with Crippen molar-refractivity contribution in [3.8, 4) is 0 Å². The van der Waals surface area contributed by atoms with Crippen molar-refractivity contribution in [2.75, 3.05) is 44.2 Å². The minimum atomic E-state index is -0.199. The van der Waals surface area contributed by atoms with Crippen LogP contribution in [0.2, 0.25) is 0 Å². The Morgan fingerprint density at radius 2 is 1.75 bits per heavy atom. The summed E-state index contributed by atoms with van der Waals surface area (Å²) in [6.07, 6.45) is 4.06.